The van der Waals surface area contributed by atoms with Crippen LogP contribution in [0.15, 0.2) is 24.3 Å². The number of nitrogens with zero attached hydrogens (tertiary/aromatic N) is 3. The SMILES string of the molecule is Cc1cccc(-c2c(CO)nnn2CC(C)C)c1. The second kappa shape index (κ2) is 5.31. The van der Waals surface area contributed by atoms with Crippen LogP contribution in [0.1, 0.15) is 25.1 Å². The van der Waals surface area contributed by atoms with Gasteiger partial charge < -0.3 is 5.11 Å². The first-order valence-electron chi connectivity index (χ1n) is 6.22. The Balaban J connectivity index is 2.50. The van der Waals surface area contributed by atoms with Gasteiger partial charge in [0, 0.05) is 12.1 Å². The zero-order chi connectivity index (χ0) is 13.1. The van der Waals surface area contributed by atoms with Gasteiger partial charge in [-0.2, -0.15) is 0 Å². The molecule has 0 aliphatic carbocycles. The number of aliphatic hydroxyl groups excluding tert-OH is 1. The summed E-state index contributed by atoms with van der Waals surface area (Å²) in [5.41, 5.74) is 3.81. The van der Waals surface area contributed by atoms with E-state index in [-0.39, 0.29) is 6.61 Å². The van der Waals surface area contributed by atoms with Crippen molar-refractivity contribution in [2.75, 3.05) is 0 Å². The fraction of sp³-hybridized carbons (Fsp3) is 0.429. The third-order valence-electron chi connectivity index (χ3n) is 2.78. The molecule has 0 unspecified atom stereocenters. The van der Waals surface area contributed by atoms with E-state index in [2.05, 4.69) is 43.2 Å². The van der Waals surface area contributed by atoms with Crippen LogP contribution in [0.3, 0.4) is 0 Å². The minimum atomic E-state index is -0.0820. The highest BCUT2D eigenvalue weighted by Gasteiger charge is 2.14. The summed E-state index contributed by atoms with van der Waals surface area (Å²) in [6.45, 7) is 7.05. The highest BCUT2D eigenvalue weighted by atomic mass is 16.3. The van der Waals surface area contributed by atoms with Crippen molar-refractivity contribution in [1.82, 2.24) is 15.0 Å². The van der Waals surface area contributed by atoms with Gasteiger partial charge in [0.1, 0.15) is 5.69 Å². The first-order valence-corrected chi connectivity index (χ1v) is 6.22. The average molecular weight is 245 g/mol. The molecule has 1 N–H and O–H groups in total. The van der Waals surface area contributed by atoms with Crippen molar-refractivity contribution in [3.05, 3.63) is 35.5 Å². The van der Waals surface area contributed by atoms with Crippen LogP contribution in [-0.2, 0) is 13.2 Å². The van der Waals surface area contributed by atoms with Gasteiger partial charge in [-0.15, -0.1) is 5.10 Å². The van der Waals surface area contributed by atoms with Crippen molar-refractivity contribution in [2.24, 2.45) is 5.92 Å². The molecule has 0 aliphatic heterocycles. The maximum Gasteiger partial charge on any atom is 0.116 e. The first kappa shape index (κ1) is 12.8. The summed E-state index contributed by atoms with van der Waals surface area (Å²) < 4.78 is 1.88. The Hall–Kier alpha value is -1.68. The van der Waals surface area contributed by atoms with Gasteiger partial charge in [0.05, 0.1) is 12.3 Å². The summed E-state index contributed by atoms with van der Waals surface area (Å²) in [4.78, 5) is 0. The van der Waals surface area contributed by atoms with E-state index in [1.165, 1.54) is 5.56 Å². The fourth-order valence-corrected chi connectivity index (χ4v) is 2.04. The number of aliphatic hydroxyl groups is 1. The molecule has 0 spiro atoms. The Bertz CT molecular complexity index is 532. The van der Waals surface area contributed by atoms with E-state index in [4.69, 9.17) is 0 Å². The van der Waals surface area contributed by atoms with Gasteiger partial charge >= 0.3 is 0 Å². The quantitative estimate of drug-likeness (QED) is 0.900. The summed E-state index contributed by atoms with van der Waals surface area (Å²) in [6.07, 6.45) is 0. The molecule has 18 heavy (non-hydrogen) atoms. The van der Waals surface area contributed by atoms with Crippen LogP contribution in [0, 0.1) is 12.8 Å². The number of benzene rings is 1. The molecule has 0 radical (unpaired) electrons. The lowest BCUT2D eigenvalue weighted by atomic mass is 10.1. The summed E-state index contributed by atoms with van der Waals surface area (Å²) >= 11 is 0. The zero-order valence-corrected chi connectivity index (χ0v) is 11.1. The van der Waals surface area contributed by atoms with Crippen molar-refractivity contribution in [3.8, 4) is 11.3 Å². The minimum absolute atomic E-state index is 0.0820. The molecule has 1 heterocycles. The predicted octanol–water partition coefficient (Wildman–Crippen LogP) is 2.40. The molecular formula is C14H19N3O. The number of hydrogen-bond acceptors (Lipinski definition) is 3. The lowest BCUT2D eigenvalue weighted by Crippen LogP contribution is -2.08. The van der Waals surface area contributed by atoms with E-state index in [1.807, 2.05) is 16.8 Å². The lowest BCUT2D eigenvalue weighted by Gasteiger charge is -2.10. The van der Waals surface area contributed by atoms with Crippen LogP contribution in [-0.4, -0.2) is 20.1 Å². The van der Waals surface area contributed by atoms with Crippen molar-refractivity contribution in [1.29, 1.82) is 0 Å². The monoisotopic (exact) mass is 245 g/mol. The largest absolute Gasteiger partial charge is 0.390 e. The Morgan fingerprint density at radius 1 is 1.33 bits per heavy atom. The molecule has 0 fully saturated rings. The molecule has 1 aromatic heterocycles. The van der Waals surface area contributed by atoms with Crippen LogP contribution < -0.4 is 0 Å². The van der Waals surface area contributed by atoms with Gasteiger partial charge in [-0.25, -0.2) is 4.68 Å². The predicted molar refractivity (Wildman–Crippen MR) is 71.0 cm³/mol. The summed E-state index contributed by atoms with van der Waals surface area (Å²) in [6, 6.07) is 8.19. The molecule has 0 aliphatic rings. The molecule has 4 nitrogen and oxygen atoms in total. The molecule has 0 saturated carbocycles. The van der Waals surface area contributed by atoms with E-state index in [9.17, 15) is 5.11 Å². The van der Waals surface area contributed by atoms with E-state index >= 15 is 0 Å². The van der Waals surface area contributed by atoms with Gasteiger partial charge in [0.25, 0.3) is 0 Å². The maximum absolute atomic E-state index is 9.38. The molecule has 96 valence electrons. The number of aryl methyl sites for hydroxylation is 1. The number of rotatable bonds is 4. The molecule has 4 heteroatoms. The molecule has 0 atom stereocenters. The van der Waals surface area contributed by atoms with E-state index in [1.54, 1.807) is 0 Å². The highest BCUT2D eigenvalue weighted by Crippen LogP contribution is 2.24. The Kier molecular flexibility index (Phi) is 3.77. The molecule has 2 rings (SSSR count). The van der Waals surface area contributed by atoms with E-state index in [0.717, 1.165) is 17.8 Å². The fourth-order valence-electron chi connectivity index (χ4n) is 2.04. The Labute approximate surface area is 107 Å². The van der Waals surface area contributed by atoms with Gasteiger partial charge in [0.2, 0.25) is 0 Å². The van der Waals surface area contributed by atoms with Gasteiger partial charge in [-0.05, 0) is 18.9 Å². The smallest absolute Gasteiger partial charge is 0.116 e. The summed E-state index contributed by atoms with van der Waals surface area (Å²) in [7, 11) is 0. The van der Waals surface area contributed by atoms with Crippen LogP contribution in [0.4, 0.5) is 0 Å². The summed E-state index contributed by atoms with van der Waals surface area (Å²) in [5.74, 6) is 0.488. The first-order chi connectivity index (χ1) is 8.61. The van der Waals surface area contributed by atoms with Crippen molar-refractivity contribution in [2.45, 2.75) is 33.9 Å². The van der Waals surface area contributed by atoms with E-state index in [0.29, 0.717) is 11.6 Å². The van der Waals surface area contributed by atoms with Gasteiger partial charge in [-0.1, -0.05) is 42.8 Å². The number of hydrogen-bond donors (Lipinski definition) is 1. The molecule has 1 aromatic carbocycles. The molecule has 0 saturated heterocycles. The summed E-state index contributed by atoms with van der Waals surface area (Å²) in [5, 5.41) is 17.6. The average Bonchev–Trinajstić information content (AvgIpc) is 2.71. The van der Waals surface area contributed by atoms with Gasteiger partial charge in [0.15, 0.2) is 0 Å². The van der Waals surface area contributed by atoms with Gasteiger partial charge in [-0.3, -0.25) is 0 Å². The van der Waals surface area contributed by atoms with E-state index < -0.39 is 0 Å². The second-order valence-corrected chi connectivity index (χ2v) is 4.99. The minimum Gasteiger partial charge on any atom is -0.390 e. The zero-order valence-electron chi connectivity index (χ0n) is 11.1. The highest BCUT2D eigenvalue weighted by molar-refractivity contribution is 5.62. The molecule has 0 amide bonds. The van der Waals surface area contributed by atoms with Crippen molar-refractivity contribution >= 4 is 0 Å². The molecular weight excluding hydrogens is 226 g/mol. The molecule has 2 aromatic rings. The van der Waals surface area contributed by atoms with Crippen LogP contribution in [0.25, 0.3) is 11.3 Å². The normalized spacial score (nSPS) is 11.2. The van der Waals surface area contributed by atoms with Crippen LogP contribution in [0.2, 0.25) is 0 Å². The lowest BCUT2D eigenvalue weighted by molar-refractivity contribution is 0.277. The maximum atomic E-state index is 9.38. The third-order valence-corrected chi connectivity index (χ3v) is 2.78. The number of aromatic nitrogens is 3. The van der Waals surface area contributed by atoms with Crippen molar-refractivity contribution in [3.63, 3.8) is 0 Å². The topological polar surface area (TPSA) is 50.9 Å². The standard InChI is InChI=1S/C14H19N3O/c1-10(2)8-17-14(13(9-18)15-16-17)12-6-4-5-11(3)7-12/h4-7,10,18H,8-9H2,1-3H3. The van der Waals surface area contributed by atoms with Crippen LogP contribution >= 0.6 is 0 Å². The second-order valence-electron chi connectivity index (χ2n) is 4.99. The molecule has 0 bridgehead atoms. The van der Waals surface area contributed by atoms with Crippen LogP contribution in [0.5, 0.6) is 0 Å². The Morgan fingerprint density at radius 2 is 2.11 bits per heavy atom. The third kappa shape index (κ3) is 2.59. The Morgan fingerprint density at radius 3 is 2.72 bits per heavy atom. The van der Waals surface area contributed by atoms with Crippen molar-refractivity contribution < 1.29 is 5.11 Å².